The summed E-state index contributed by atoms with van der Waals surface area (Å²) >= 11 is 0. The van der Waals surface area contributed by atoms with E-state index in [9.17, 15) is 19.2 Å². The average molecular weight is 379 g/mol. The Balaban J connectivity index is 1.59. The molecule has 0 unspecified atom stereocenters. The molecule has 0 bridgehead atoms. The molecule has 0 aliphatic carbocycles. The van der Waals surface area contributed by atoms with E-state index in [1.165, 1.54) is 0 Å². The second kappa shape index (κ2) is 8.17. The topological polar surface area (TPSA) is 80.8 Å². The average Bonchev–Trinajstić information content (AvgIpc) is 2.68. The molecule has 6 heteroatoms. The molecule has 0 N–H and O–H groups in total. The number of ether oxygens (including phenoxy) is 1. The second-order valence-electron chi connectivity index (χ2n) is 6.78. The third-order valence-electron chi connectivity index (χ3n) is 4.65. The van der Waals surface area contributed by atoms with Crippen LogP contribution in [0.5, 0.6) is 0 Å². The fraction of sp³-hybridized carbons (Fsp3) is 0.273. The van der Waals surface area contributed by atoms with Gasteiger partial charge in [0.25, 0.3) is 11.8 Å². The summed E-state index contributed by atoms with van der Waals surface area (Å²) in [6, 6.07) is 10.7. The number of imide groups is 1. The third kappa shape index (κ3) is 3.86. The molecule has 0 fully saturated rings. The van der Waals surface area contributed by atoms with E-state index in [-0.39, 0.29) is 43.6 Å². The van der Waals surface area contributed by atoms with E-state index >= 15 is 0 Å². The van der Waals surface area contributed by atoms with Gasteiger partial charge in [-0.25, -0.2) is 4.79 Å². The van der Waals surface area contributed by atoms with E-state index in [0.29, 0.717) is 28.5 Å². The van der Waals surface area contributed by atoms with Crippen molar-refractivity contribution in [3.63, 3.8) is 0 Å². The number of carbonyl (C=O) groups is 4. The van der Waals surface area contributed by atoms with Crippen molar-refractivity contribution in [1.82, 2.24) is 4.90 Å². The van der Waals surface area contributed by atoms with E-state index in [1.807, 2.05) is 12.1 Å². The predicted molar refractivity (Wildman–Crippen MR) is 104 cm³/mol. The molecule has 0 spiro atoms. The maximum Gasteiger partial charge on any atom is 0.333 e. The highest BCUT2D eigenvalue weighted by molar-refractivity contribution is 6.25. The lowest BCUT2D eigenvalue weighted by Gasteiger charge is -2.27. The fourth-order valence-electron chi connectivity index (χ4n) is 3.20. The molecule has 6 nitrogen and oxygen atoms in total. The van der Waals surface area contributed by atoms with Crippen molar-refractivity contribution in [2.45, 2.75) is 26.2 Å². The summed E-state index contributed by atoms with van der Waals surface area (Å²) in [5.74, 6) is -1.33. The van der Waals surface area contributed by atoms with Crippen molar-refractivity contribution in [2.75, 3.05) is 13.2 Å². The minimum atomic E-state index is -0.482. The monoisotopic (exact) mass is 379 g/mol. The summed E-state index contributed by atoms with van der Waals surface area (Å²) in [6.07, 6.45) is 0.678. The Hall–Kier alpha value is -3.28. The Morgan fingerprint density at radius 2 is 1.61 bits per heavy atom. The molecule has 2 aromatic rings. The van der Waals surface area contributed by atoms with Crippen LogP contribution < -0.4 is 0 Å². The standard InChI is InChI=1S/C22H21NO5/c1-14(2)22(27)28-13-5-8-16(24)11-12-23-20(25)17-9-3-6-15-7-4-10-18(19(15)17)21(23)26/h3-4,6-7,9-10H,1,5,8,11-13H2,2H3. The molecule has 1 aliphatic rings. The second-order valence-corrected chi connectivity index (χ2v) is 6.78. The Morgan fingerprint density at radius 3 is 2.18 bits per heavy atom. The number of rotatable bonds is 8. The lowest BCUT2D eigenvalue weighted by Crippen LogP contribution is -2.41. The molecule has 3 rings (SSSR count). The predicted octanol–water partition coefficient (Wildman–Crippen LogP) is 3.29. The molecule has 0 atom stereocenters. The van der Waals surface area contributed by atoms with E-state index in [2.05, 4.69) is 6.58 Å². The smallest absolute Gasteiger partial charge is 0.333 e. The number of hydrogen-bond donors (Lipinski definition) is 0. The van der Waals surface area contributed by atoms with E-state index in [1.54, 1.807) is 31.2 Å². The van der Waals surface area contributed by atoms with Crippen LogP contribution >= 0.6 is 0 Å². The zero-order valence-electron chi connectivity index (χ0n) is 15.7. The number of benzene rings is 2. The van der Waals surface area contributed by atoms with Gasteiger partial charge >= 0.3 is 5.97 Å². The van der Waals surface area contributed by atoms with Crippen LogP contribution in [-0.4, -0.2) is 41.6 Å². The first-order valence-corrected chi connectivity index (χ1v) is 9.12. The molecule has 2 amide bonds. The van der Waals surface area contributed by atoms with Gasteiger partial charge in [-0.3, -0.25) is 19.3 Å². The van der Waals surface area contributed by atoms with Gasteiger partial charge in [-0.1, -0.05) is 30.8 Å². The summed E-state index contributed by atoms with van der Waals surface area (Å²) in [5.41, 5.74) is 1.27. The van der Waals surface area contributed by atoms with Crippen molar-refractivity contribution < 1.29 is 23.9 Å². The van der Waals surface area contributed by atoms with Crippen LogP contribution in [-0.2, 0) is 14.3 Å². The molecule has 28 heavy (non-hydrogen) atoms. The van der Waals surface area contributed by atoms with Gasteiger partial charge in [0.05, 0.1) is 6.61 Å². The largest absolute Gasteiger partial charge is 0.462 e. The molecule has 144 valence electrons. The molecule has 1 heterocycles. The lowest BCUT2D eigenvalue weighted by atomic mass is 9.94. The van der Waals surface area contributed by atoms with Crippen LogP contribution in [0.3, 0.4) is 0 Å². The van der Waals surface area contributed by atoms with Gasteiger partial charge in [0.1, 0.15) is 5.78 Å². The van der Waals surface area contributed by atoms with Gasteiger partial charge in [0.2, 0.25) is 0 Å². The minimum Gasteiger partial charge on any atom is -0.462 e. The maximum absolute atomic E-state index is 12.8. The summed E-state index contributed by atoms with van der Waals surface area (Å²) in [4.78, 5) is 50.0. The summed E-state index contributed by atoms with van der Waals surface area (Å²) in [7, 11) is 0. The minimum absolute atomic E-state index is 0.0345. The first kappa shape index (κ1) is 19.5. The SMILES string of the molecule is C=C(C)C(=O)OCCCC(=O)CCN1C(=O)c2cccc3cccc(c23)C1=O. The van der Waals surface area contributed by atoms with Crippen LogP contribution in [0.25, 0.3) is 10.8 Å². The lowest BCUT2D eigenvalue weighted by molar-refractivity contribution is -0.139. The van der Waals surface area contributed by atoms with Gasteiger partial charge in [0, 0.05) is 41.5 Å². The zero-order chi connectivity index (χ0) is 20.3. The maximum atomic E-state index is 12.8. The van der Waals surface area contributed by atoms with Crippen molar-refractivity contribution >= 4 is 34.3 Å². The normalized spacial score (nSPS) is 13.0. The third-order valence-corrected chi connectivity index (χ3v) is 4.65. The van der Waals surface area contributed by atoms with E-state index in [0.717, 1.165) is 10.3 Å². The number of nitrogens with zero attached hydrogens (tertiary/aromatic N) is 1. The zero-order valence-corrected chi connectivity index (χ0v) is 15.7. The molecule has 0 saturated heterocycles. The summed E-state index contributed by atoms with van der Waals surface area (Å²) in [5, 5.41) is 1.51. The summed E-state index contributed by atoms with van der Waals surface area (Å²) < 4.78 is 4.94. The van der Waals surface area contributed by atoms with Gasteiger partial charge in [-0.05, 0) is 30.9 Å². The van der Waals surface area contributed by atoms with Crippen molar-refractivity contribution in [3.8, 4) is 0 Å². The van der Waals surface area contributed by atoms with Crippen molar-refractivity contribution in [1.29, 1.82) is 0 Å². The summed E-state index contributed by atoms with van der Waals surface area (Å²) in [6.45, 7) is 5.21. The Kier molecular flexibility index (Phi) is 5.68. The van der Waals surface area contributed by atoms with Crippen LogP contribution in [0.1, 0.15) is 46.9 Å². The number of Topliss-reactive ketones (excluding diaryl/α,β-unsaturated/α-hetero) is 1. The molecule has 0 radical (unpaired) electrons. The van der Waals surface area contributed by atoms with Crippen molar-refractivity contribution in [2.24, 2.45) is 0 Å². The first-order valence-electron chi connectivity index (χ1n) is 9.12. The van der Waals surface area contributed by atoms with Crippen LogP contribution in [0.2, 0.25) is 0 Å². The first-order chi connectivity index (χ1) is 13.4. The van der Waals surface area contributed by atoms with Gasteiger partial charge in [0.15, 0.2) is 0 Å². The number of esters is 1. The Labute approximate surface area is 162 Å². The van der Waals surface area contributed by atoms with Gasteiger partial charge in [-0.2, -0.15) is 0 Å². The molecular formula is C22H21NO5. The highest BCUT2D eigenvalue weighted by Gasteiger charge is 2.32. The highest BCUT2D eigenvalue weighted by atomic mass is 16.5. The van der Waals surface area contributed by atoms with Gasteiger partial charge in [-0.15, -0.1) is 0 Å². The molecule has 1 aliphatic heterocycles. The van der Waals surface area contributed by atoms with E-state index < -0.39 is 5.97 Å². The number of hydrogen-bond acceptors (Lipinski definition) is 5. The van der Waals surface area contributed by atoms with Gasteiger partial charge < -0.3 is 4.74 Å². The highest BCUT2D eigenvalue weighted by Crippen LogP contribution is 2.29. The van der Waals surface area contributed by atoms with Crippen LogP contribution in [0.15, 0.2) is 48.6 Å². The van der Waals surface area contributed by atoms with Crippen LogP contribution in [0.4, 0.5) is 0 Å². The molecule has 0 aromatic heterocycles. The molecule has 2 aromatic carbocycles. The number of amides is 2. The molecular weight excluding hydrogens is 358 g/mol. The van der Waals surface area contributed by atoms with Crippen molar-refractivity contribution in [3.05, 3.63) is 59.7 Å². The Bertz CT molecular complexity index is 941. The Morgan fingerprint density at radius 1 is 1.00 bits per heavy atom. The quantitative estimate of drug-likeness (QED) is 0.304. The fourth-order valence-corrected chi connectivity index (χ4v) is 3.20. The number of ketones is 1. The molecule has 0 saturated carbocycles. The van der Waals surface area contributed by atoms with Crippen LogP contribution in [0, 0.1) is 0 Å². The number of carbonyl (C=O) groups excluding carboxylic acids is 4. The van der Waals surface area contributed by atoms with E-state index in [4.69, 9.17) is 4.74 Å².